The number of nitrogens with two attached hydrogens (primary N) is 2. The number of nitrogens with zero attached hydrogens (tertiary/aromatic N) is 2. The Morgan fingerprint density at radius 3 is 2.64 bits per heavy atom. The van der Waals surface area contributed by atoms with Crippen LogP contribution < -0.4 is 11.5 Å². The van der Waals surface area contributed by atoms with Crippen LogP contribution in [-0.4, -0.2) is 24.7 Å². The number of primary amides is 1. The second kappa shape index (κ2) is 7.98. The maximum Gasteiger partial charge on any atom is 0.238 e. The Labute approximate surface area is 165 Å². The number of hydrogen-bond donors (Lipinski definition) is 2. The molecule has 0 saturated carbocycles. The standard InChI is InChI=1S/C22H24N4O2/c23-13-18(19-14-28-11-10-22(19,26)20(25)27)12-21(15-24)8-6-17(7-9-21)16-4-2-1-3-5-16/h1-8,18-19H,9-12,14,26H2,(H2,25,27)/t18?,19-,21?,22?/m0/s1. The van der Waals surface area contributed by atoms with E-state index in [1.54, 1.807) is 0 Å². The van der Waals surface area contributed by atoms with Crippen molar-refractivity contribution >= 4 is 11.5 Å². The maximum atomic E-state index is 12.0. The van der Waals surface area contributed by atoms with Crippen molar-refractivity contribution in [3.05, 3.63) is 54.1 Å². The number of rotatable bonds is 5. The van der Waals surface area contributed by atoms with Gasteiger partial charge in [0, 0.05) is 12.5 Å². The number of allylic oxidation sites excluding steroid dienone is 4. The summed E-state index contributed by atoms with van der Waals surface area (Å²) in [6.45, 7) is 0.522. The molecule has 1 aromatic rings. The van der Waals surface area contributed by atoms with Crippen LogP contribution in [0.5, 0.6) is 0 Å². The maximum absolute atomic E-state index is 12.0. The normalized spacial score (nSPS) is 30.5. The second-order valence-electron chi connectivity index (χ2n) is 7.61. The van der Waals surface area contributed by atoms with Crippen molar-refractivity contribution < 1.29 is 9.53 Å². The molecule has 1 saturated heterocycles. The van der Waals surface area contributed by atoms with E-state index in [1.807, 2.05) is 48.6 Å². The molecular formula is C22H24N4O2. The van der Waals surface area contributed by atoms with Crippen molar-refractivity contribution in [3.63, 3.8) is 0 Å². The van der Waals surface area contributed by atoms with Crippen LogP contribution in [0.2, 0.25) is 0 Å². The third-order valence-electron chi connectivity index (χ3n) is 5.91. The van der Waals surface area contributed by atoms with Gasteiger partial charge in [-0.25, -0.2) is 0 Å². The molecule has 0 bridgehead atoms. The summed E-state index contributed by atoms with van der Waals surface area (Å²) in [6.07, 6.45) is 6.86. The van der Waals surface area contributed by atoms with Crippen LogP contribution in [0.1, 0.15) is 24.8 Å². The van der Waals surface area contributed by atoms with Crippen LogP contribution in [0, 0.1) is 39.9 Å². The summed E-state index contributed by atoms with van der Waals surface area (Å²) in [5, 5.41) is 19.7. The molecule has 1 fully saturated rings. The zero-order valence-electron chi connectivity index (χ0n) is 15.7. The van der Waals surface area contributed by atoms with Crippen LogP contribution in [0.25, 0.3) is 5.57 Å². The van der Waals surface area contributed by atoms with Crippen molar-refractivity contribution in [3.8, 4) is 12.1 Å². The van der Waals surface area contributed by atoms with Gasteiger partial charge in [0.05, 0.1) is 30.1 Å². The smallest absolute Gasteiger partial charge is 0.238 e. The Hall–Kier alpha value is -2.93. The fourth-order valence-electron chi connectivity index (χ4n) is 4.04. The van der Waals surface area contributed by atoms with Gasteiger partial charge in [-0.2, -0.15) is 10.5 Å². The Morgan fingerprint density at radius 1 is 1.32 bits per heavy atom. The van der Waals surface area contributed by atoms with E-state index in [9.17, 15) is 15.3 Å². The molecule has 1 aliphatic carbocycles. The zero-order chi connectivity index (χ0) is 20.2. The van der Waals surface area contributed by atoms with Gasteiger partial charge in [0.1, 0.15) is 5.54 Å². The van der Waals surface area contributed by atoms with Gasteiger partial charge in [0.2, 0.25) is 5.91 Å². The number of carbonyl (C=O) groups is 1. The van der Waals surface area contributed by atoms with Crippen molar-refractivity contribution in [1.82, 2.24) is 0 Å². The SMILES string of the molecule is N#CC(CC1(C#N)C=CC(c2ccccc2)=CC1)[C@@H]1COCCC1(N)C(N)=O. The van der Waals surface area contributed by atoms with E-state index < -0.39 is 28.7 Å². The first kappa shape index (κ1) is 19.8. The number of benzene rings is 1. The highest BCUT2D eigenvalue weighted by Crippen LogP contribution is 2.42. The second-order valence-corrected chi connectivity index (χ2v) is 7.61. The molecule has 1 heterocycles. The third-order valence-corrected chi connectivity index (χ3v) is 5.91. The Bertz CT molecular complexity index is 880. The van der Waals surface area contributed by atoms with Gasteiger partial charge in [-0.1, -0.05) is 48.6 Å². The van der Waals surface area contributed by atoms with E-state index in [-0.39, 0.29) is 19.4 Å². The van der Waals surface area contributed by atoms with Crippen molar-refractivity contribution in [2.24, 2.45) is 28.7 Å². The first-order chi connectivity index (χ1) is 13.4. The van der Waals surface area contributed by atoms with Gasteiger partial charge in [-0.15, -0.1) is 0 Å². The highest BCUT2D eigenvalue weighted by atomic mass is 16.5. The average Bonchev–Trinajstić information content (AvgIpc) is 2.73. The molecule has 4 atom stereocenters. The number of nitriles is 2. The van der Waals surface area contributed by atoms with E-state index >= 15 is 0 Å². The first-order valence-electron chi connectivity index (χ1n) is 9.36. The Kier molecular flexibility index (Phi) is 5.65. The molecule has 144 valence electrons. The lowest BCUT2D eigenvalue weighted by molar-refractivity contribution is -0.131. The molecule has 0 spiro atoms. The molecule has 3 rings (SSSR count). The van der Waals surface area contributed by atoms with Crippen molar-refractivity contribution in [2.45, 2.75) is 24.8 Å². The molecule has 0 aromatic heterocycles. The van der Waals surface area contributed by atoms with Crippen molar-refractivity contribution in [1.29, 1.82) is 10.5 Å². The van der Waals surface area contributed by atoms with E-state index in [2.05, 4.69) is 12.1 Å². The molecule has 1 aromatic carbocycles. The summed E-state index contributed by atoms with van der Waals surface area (Å²) >= 11 is 0. The number of amides is 1. The lowest BCUT2D eigenvalue weighted by Gasteiger charge is -2.42. The third kappa shape index (κ3) is 3.71. The lowest BCUT2D eigenvalue weighted by atomic mass is 9.66. The predicted molar refractivity (Wildman–Crippen MR) is 105 cm³/mol. The minimum Gasteiger partial charge on any atom is -0.381 e. The highest BCUT2D eigenvalue weighted by molar-refractivity contribution is 5.85. The minimum absolute atomic E-state index is 0.188. The molecular weight excluding hydrogens is 352 g/mol. The van der Waals surface area contributed by atoms with Crippen LogP contribution in [0.15, 0.2) is 48.6 Å². The molecule has 1 aliphatic heterocycles. The van der Waals surface area contributed by atoms with Gasteiger partial charge >= 0.3 is 0 Å². The summed E-state index contributed by atoms with van der Waals surface area (Å²) in [6, 6.07) is 14.6. The van der Waals surface area contributed by atoms with E-state index in [0.29, 0.717) is 13.0 Å². The average molecular weight is 376 g/mol. The van der Waals surface area contributed by atoms with Crippen LogP contribution >= 0.6 is 0 Å². The lowest BCUT2D eigenvalue weighted by Crippen LogP contribution is -2.63. The van der Waals surface area contributed by atoms with Gasteiger partial charge < -0.3 is 16.2 Å². The minimum atomic E-state index is -1.29. The summed E-state index contributed by atoms with van der Waals surface area (Å²) in [5.74, 6) is -1.78. The molecule has 6 nitrogen and oxygen atoms in total. The molecule has 0 radical (unpaired) electrons. The fraction of sp³-hybridized carbons (Fsp3) is 0.409. The molecule has 6 heteroatoms. The number of carbonyl (C=O) groups excluding carboxylic acids is 1. The molecule has 28 heavy (non-hydrogen) atoms. The number of ether oxygens (including phenoxy) is 1. The van der Waals surface area contributed by atoms with Crippen LogP contribution in [0.3, 0.4) is 0 Å². The van der Waals surface area contributed by atoms with Crippen molar-refractivity contribution in [2.75, 3.05) is 13.2 Å². The highest BCUT2D eigenvalue weighted by Gasteiger charge is 2.49. The topological polar surface area (TPSA) is 126 Å². The van der Waals surface area contributed by atoms with Crippen LogP contribution in [-0.2, 0) is 9.53 Å². The Balaban J connectivity index is 1.81. The molecule has 4 N–H and O–H groups in total. The first-order valence-corrected chi connectivity index (χ1v) is 9.36. The van der Waals surface area contributed by atoms with E-state index in [4.69, 9.17) is 16.2 Å². The van der Waals surface area contributed by atoms with E-state index in [0.717, 1.165) is 11.1 Å². The van der Waals surface area contributed by atoms with Gasteiger partial charge in [0.25, 0.3) is 0 Å². The largest absolute Gasteiger partial charge is 0.381 e. The molecule has 2 aliphatic rings. The molecule has 3 unspecified atom stereocenters. The summed E-state index contributed by atoms with van der Waals surface area (Å²) in [7, 11) is 0. The summed E-state index contributed by atoms with van der Waals surface area (Å²) < 4.78 is 5.49. The van der Waals surface area contributed by atoms with E-state index in [1.165, 1.54) is 0 Å². The fourth-order valence-corrected chi connectivity index (χ4v) is 4.04. The summed E-state index contributed by atoms with van der Waals surface area (Å²) in [4.78, 5) is 12.0. The quantitative estimate of drug-likeness (QED) is 0.815. The Morgan fingerprint density at radius 2 is 2.07 bits per heavy atom. The summed E-state index contributed by atoms with van der Waals surface area (Å²) in [5.41, 5.74) is 11.9. The van der Waals surface area contributed by atoms with Crippen LogP contribution in [0.4, 0.5) is 0 Å². The number of hydrogen-bond acceptors (Lipinski definition) is 5. The molecule has 1 amide bonds. The van der Waals surface area contributed by atoms with Gasteiger partial charge in [-0.3, -0.25) is 4.79 Å². The monoisotopic (exact) mass is 376 g/mol. The predicted octanol–water partition coefficient (Wildman–Crippen LogP) is 2.29. The zero-order valence-corrected chi connectivity index (χ0v) is 15.7. The van der Waals surface area contributed by atoms with Gasteiger partial charge in [-0.05, 0) is 30.4 Å². The van der Waals surface area contributed by atoms with Gasteiger partial charge in [0.15, 0.2) is 0 Å².